The van der Waals surface area contributed by atoms with Gasteiger partial charge in [0, 0.05) is 38.2 Å². The van der Waals surface area contributed by atoms with Crippen molar-refractivity contribution in [3.05, 3.63) is 261 Å². The summed E-state index contributed by atoms with van der Waals surface area (Å²) in [6.07, 6.45) is 0. The molecule has 0 aliphatic heterocycles. The molecule has 0 atom stereocenters. The molecule has 0 saturated carbocycles. The Morgan fingerprint density at radius 1 is 0.243 bits per heavy atom. The Kier molecular flexibility index (Phi) is 9.50. The zero-order chi connectivity index (χ0) is 48.7. The van der Waals surface area contributed by atoms with E-state index in [1.54, 1.807) is 0 Å². The second-order valence-electron chi connectivity index (χ2n) is 19.1. The van der Waals surface area contributed by atoms with Crippen LogP contribution in [0, 0.1) is 0 Å². The van der Waals surface area contributed by atoms with Crippen LogP contribution >= 0.6 is 0 Å². The fourth-order valence-corrected chi connectivity index (χ4v) is 11.6. The lowest BCUT2D eigenvalue weighted by Crippen LogP contribution is -2.06. The smallest absolute Gasteiger partial charge is 0.238 e. The van der Waals surface area contributed by atoms with E-state index >= 15 is 0 Å². The number of hydrogen-bond acceptors (Lipinski definition) is 3. The fraction of sp³-hybridized carbons (Fsp3) is 0. The molecule has 15 rings (SSSR count). The van der Waals surface area contributed by atoms with E-state index in [0.717, 1.165) is 71.9 Å². The number of rotatable bonds is 7. The van der Waals surface area contributed by atoms with Crippen LogP contribution in [-0.4, -0.2) is 24.1 Å². The Bertz CT molecular complexity index is 4690. The minimum atomic E-state index is 0.551. The molecule has 5 nitrogen and oxygen atoms in total. The van der Waals surface area contributed by atoms with E-state index in [9.17, 15) is 0 Å². The summed E-state index contributed by atoms with van der Waals surface area (Å²) in [5, 5.41) is 12.2. The summed E-state index contributed by atoms with van der Waals surface area (Å²) in [7, 11) is 0. The Balaban J connectivity index is 0.958. The standard InChI is InChI=1S/C69H43N5/c1-3-19-44(20-4-1)46-23-17-24-47(41-46)48-25-18-26-50(42-48)68-70-67(45-21-5-2-6-22-45)71-69(72-68)74-63-36-16-13-33-59(63)65-64(74)40-39-58-57-32-12-15-35-62(57)73(66(58)65)61-34-14-11-27-51(61)49-37-38-56-54-30-8-7-28-52(54)53-29-9-10-31-55(53)60(56)43-49/h1-43H. The lowest BCUT2D eigenvalue weighted by atomic mass is 9.92. The zero-order valence-corrected chi connectivity index (χ0v) is 40.1. The van der Waals surface area contributed by atoms with Crippen molar-refractivity contribution >= 4 is 75.9 Å². The molecule has 0 aliphatic carbocycles. The number of hydrogen-bond donors (Lipinski definition) is 0. The molecule has 15 aromatic rings. The molecule has 0 saturated heterocycles. The van der Waals surface area contributed by atoms with Gasteiger partial charge in [0.15, 0.2) is 11.6 Å². The normalized spacial score (nSPS) is 11.8. The second kappa shape index (κ2) is 16.8. The maximum Gasteiger partial charge on any atom is 0.238 e. The Morgan fingerprint density at radius 3 is 1.41 bits per heavy atom. The molecule has 74 heavy (non-hydrogen) atoms. The zero-order valence-electron chi connectivity index (χ0n) is 40.1. The number of aromatic nitrogens is 5. The van der Waals surface area contributed by atoms with Crippen molar-refractivity contribution in [1.82, 2.24) is 24.1 Å². The van der Waals surface area contributed by atoms with Gasteiger partial charge in [0.2, 0.25) is 5.95 Å². The average molecular weight is 942 g/mol. The van der Waals surface area contributed by atoms with E-state index in [4.69, 9.17) is 15.0 Å². The van der Waals surface area contributed by atoms with Gasteiger partial charge in [0.05, 0.1) is 27.8 Å². The van der Waals surface area contributed by atoms with Crippen LogP contribution in [0.15, 0.2) is 261 Å². The van der Waals surface area contributed by atoms with Crippen LogP contribution in [0.4, 0.5) is 0 Å². The van der Waals surface area contributed by atoms with Crippen molar-refractivity contribution in [2.45, 2.75) is 0 Å². The summed E-state index contributed by atoms with van der Waals surface area (Å²) in [5.41, 5.74) is 14.1. The first kappa shape index (κ1) is 41.8. The molecule has 0 radical (unpaired) electrons. The first-order valence-electron chi connectivity index (χ1n) is 25.2. The Hall–Kier alpha value is -9.97. The summed E-state index contributed by atoms with van der Waals surface area (Å²) in [4.78, 5) is 16.0. The molecule has 344 valence electrons. The van der Waals surface area contributed by atoms with Gasteiger partial charge in [-0.2, -0.15) is 9.97 Å². The highest BCUT2D eigenvalue weighted by atomic mass is 15.2. The summed E-state index contributed by atoms with van der Waals surface area (Å²) in [6, 6.07) is 93.6. The van der Waals surface area contributed by atoms with Crippen LogP contribution in [0.25, 0.3) is 144 Å². The quantitative estimate of drug-likeness (QED) is 0.150. The third kappa shape index (κ3) is 6.60. The van der Waals surface area contributed by atoms with Crippen molar-refractivity contribution in [3.8, 4) is 67.8 Å². The van der Waals surface area contributed by atoms with E-state index in [0.29, 0.717) is 17.6 Å². The molecule has 3 aromatic heterocycles. The average Bonchev–Trinajstić information content (AvgIpc) is 4.00. The van der Waals surface area contributed by atoms with Crippen molar-refractivity contribution < 1.29 is 0 Å². The molecular weight excluding hydrogens is 899 g/mol. The van der Waals surface area contributed by atoms with E-state index < -0.39 is 0 Å². The van der Waals surface area contributed by atoms with E-state index in [-0.39, 0.29) is 0 Å². The van der Waals surface area contributed by atoms with Crippen LogP contribution < -0.4 is 0 Å². The maximum atomic E-state index is 5.43. The topological polar surface area (TPSA) is 48.5 Å². The van der Waals surface area contributed by atoms with Gasteiger partial charge >= 0.3 is 0 Å². The SMILES string of the molecule is c1ccc(-c2cccc(-c3cccc(-c4nc(-c5ccccc5)nc(-n5c6ccccc6c6c5ccc5c7ccccc7n(-c7ccccc7-c7ccc8c9ccccc9c9ccccc9c8c7)c56)n4)c3)c2)cc1. The summed E-state index contributed by atoms with van der Waals surface area (Å²) in [5.74, 6) is 1.75. The summed E-state index contributed by atoms with van der Waals surface area (Å²) in [6.45, 7) is 0. The Morgan fingerprint density at radius 2 is 0.716 bits per heavy atom. The van der Waals surface area contributed by atoms with Crippen LogP contribution in [0.1, 0.15) is 0 Å². The molecule has 3 heterocycles. The summed E-state index contributed by atoms with van der Waals surface area (Å²) < 4.78 is 4.73. The molecule has 12 aromatic carbocycles. The van der Waals surface area contributed by atoms with Crippen molar-refractivity contribution in [2.75, 3.05) is 0 Å². The fourth-order valence-electron chi connectivity index (χ4n) is 11.6. The van der Waals surface area contributed by atoms with Gasteiger partial charge in [0.25, 0.3) is 0 Å². The van der Waals surface area contributed by atoms with E-state index in [2.05, 4.69) is 252 Å². The third-order valence-corrected chi connectivity index (χ3v) is 14.9. The van der Waals surface area contributed by atoms with Crippen LogP contribution in [0.3, 0.4) is 0 Å². The number of para-hydroxylation sites is 3. The molecule has 0 unspecified atom stereocenters. The number of fused-ring (bicyclic) bond motifs is 13. The molecule has 0 amide bonds. The lowest BCUT2D eigenvalue weighted by Gasteiger charge is -2.16. The predicted molar refractivity (Wildman–Crippen MR) is 308 cm³/mol. The van der Waals surface area contributed by atoms with Crippen molar-refractivity contribution in [2.24, 2.45) is 0 Å². The maximum absolute atomic E-state index is 5.43. The molecule has 0 fully saturated rings. The van der Waals surface area contributed by atoms with Gasteiger partial charge < -0.3 is 4.57 Å². The summed E-state index contributed by atoms with van der Waals surface area (Å²) >= 11 is 0. The highest BCUT2D eigenvalue weighted by molar-refractivity contribution is 6.27. The van der Waals surface area contributed by atoms with E-state index in [1.165, 1.54) is 54.2 Å². The minimum Gasteiger partial charge on any atom is -0.308 e. The highest BCUT2D eigenvalue weighted by Crippen LogP contribution is 2.45. The largest absolute Gasteiger partial charge is 0.308 e. The first-order valence-corrected chi connectivity index (χ1v) is 25.2. The minimum absolute atomic E-state index is 0.551. The molecule has 0 bridgehead atoms. The van der Waals surface area contributed by atoms with Crippen LogP contribution in [0.2, 0.25) is 0 Å². The number of benzene rings is 12. The molecule has 0 N–H and O–H groups in total. The van der Waals surface area contributed by atoms with Crippen LogP contribution in [0.5, 0.6) is 0 Å². The highest BCUT2D eigenvalue weighted by Gasteiger charge is 2.24. The molecule has 0 aliphatic rings. The van der Waals surface area contributed by atoms with Crippen molar-refractivity contribution in [1.29, 1.82) is 0 Å². The van der Waals surface area contributed by atoms with Gasteiger partial charge in [-0.15, -0.1) is 0 Å². The Labute approximate surface area is 426 Å². The van der Waals surface area contributed by atoms with Crippen molar-refractivity contribution in [3.63, 3.8) is 0 Å². The van der Waals surface area contributed by atoms with Gasteiger partial charge in [-0.3, -0.25) is 4.57 Å². The van der Waals surface area contributed by atoms with Gasteiger partial charge in [-0.05, 0) is 103 Å². The number of nitrogens with zero attached hydrogens (tertiary/aromatic N) is 5. The monoisotopic (exact) mass is 941 g/mol. The predicted octanol–water partition coefficient (Wildman–Crippen LogP) is 17.9. The van der Waals surface area contributed by atoms with Crippen LogP contribution in [-0.2, 0) is 0 Å². The molecule has 0 spiro atoms. The lowest BCUT2D eigenvalue weighted by molar-refractivity contribution is 0.953. The first-order chi connectivity index (χ1) is 36.7. The third-order valence-electron chi connectivity index (χ3n) is 14.9. The molecular formula is C69H43N5. The second-order valence-corrected chi connectivity index (χ2v) is 19.1. The van der Waals surface area contributed by atoms with Gasteiger partial charge in [-0.25, -0.2) is 4.98 Å². The van der Waals surface area contributed by atoms with Gasteiger partial charge in [0.1, 0.15) is 0 Å². The molecule has 5 heteroatoms. The van der Waals surface area contributed by atoms with Gasteiger partial charge in [-0.1, -0.05) is 218 Å². The van der Waals surface area contributed by atoms with E-state index in [1.807, 2.05) is 18.2 Å².